The Morgan fingerprint density at radius 3 is 3.08 bits per heavy atom. The molecule has 0 atom stereocenters. The predicted octanol–water partition coefficient (Wildman–Crippen LogP) is 1.84. The fourth-order valence-electron chi connectivity index (χ4n) is 1.06. The van der Waals surface area contributed by atoms with E-state index in [-0.39, 0.29) is 0 Å². The highest BCUT2D eigenvalue weighted by Crippen LogP contribution is 2.19. The summed E-state index contributed by atoms with van der Waals surface area (Å²) < 4.78 is 4.85. The molecule has 0 radical (unpaired) electrons. The van der Waals surface area contributed by atoms with E-state index >= 15 is 0 Å². The molecule has 3 nitrogen and oxygen atoms in total. The molecule has 1 aromatic carbocycles. The zero-order valence-electron chi connectivity index (χ0n) is 6.46. The van der Waals surface area contributed by atoms with Gasteiger partial charge in [0.15, 0.2) is 5.58 Å². The molecule has 0 aliphatic rings. The van der Waals surface area contributed by atoms with Crippen LogP contribution in [0.25, 0.3) is 11.1 Å². The highest BCUT2D eigenvalue weighted by molar-refractivity contribution is 7.98. The lowest BCUT2D eigenvalue weighted by atomic mass is 10.3. The Balaban J connectivity index is 2.74. The summed E-state index contributed by atoms with van der Waals surface area (Å²) in [5.41, 5.74) is 1.37. The van der Waals surface area contributed by atoms with Gasteiger partial charge in [-0.05, 0) is 24.5 Å². The topological polar surface area (TPSA) is 46.0 Å². The van der Waals surface area contributed by atoms with Crippen molar-refractivity contribution in [3.05, 3.63) is 28.7 Å². The monoisotopic (exact) mass is 181 g/mol. The fraction of sp³-hybridized carbons (Fsp3) is 0.125. The van der Waals surface area contributed by atoms with E-state index in [2.05, 4.69) is 4.98 Å². The van der Waals surface area contributed by atoms with E-state index in [1.165, 1.54) is 0 Å². The normalized spacial score (nSPS) is 10.8. The van der Waals surface area contributed by atoms with Gasteiger partial charge in [0.25, 0.3) is 0 Å². The van der Waals surface area contributed by atoms with Gasteiger partial charge in [-0.15, -0.1) is 11.8 Å². The number of oxazole rings is 1. The van der Waals surface area contributed by atoms with Gasteiger partial charge in [-0.3, -0.25) is 4.98 Å². The van der Waals surface area contributed by atoms with E-state index in [0.717, 1.165) is 10.4 Å². The molecule has 0 unspecified atom stereocenters. The largest absolute Gasteiger partial charge is 0.417 e. The van der Waals surface area contributed by atoms with Crippen LogP contribution in [0, 0.1) is 0 Å². The summed E-state index contributed by atoms with van der Waals surface area (Å²) in [4.78, 5) is 14.5. The lowest BCUT2D eigenvalue weighted by Crippen LogP contribution is -1.92. The third kappa shape index (κ3) is 1.14. The maximum absolute atomic E-state index is 10.8. The van der Waals surface area contributed by atoms with Gasteiger partial charge in [0, 0.05) is 4.90 Å². The average Bonchev–Trinajstić information content (AvgIpc) is 2.43. The Morgan fingerprint density at radius 2 is 2.33 bits per heavy atom. The third-order valence-electron chi connectivity index (χ3n) is 1.63. The number of benzene rings is 1. The Morgan fingerprint density at radius 1 is 1.50 bits per heavy atom. The van der Waals surface area contributed by atoms with Gasteiger partial charge in [-0.25, -0.2) is 4.79 Å². The molecule has 62 valence electrons. The molecule has 1 aromatic heterocycles. The number of aromatic amines is 1. The first-order valence-electron chi connectivity index (χ1n) is 3.46. The van der Waals surface area contributed by atoms with Crippen molar-refractivity contribution in [2.24, 2.45) is 0 Å². The van der Waals surface area contributed by atoms with Crippen molar-refractivity contribution < 1.29 is 4.42 Å². The first-order chi connectivity index (χ1) is 5.79. The molecule has 4 heteroatoms. The summed E-state index contributed by atoms with van der Waals surface area (Å²) >= 11 is 1.63. The summed E-state index contributed by atoms with van der Waals surface area (Å²) in [7, 11) is 0. The van der Waals surface area contributed by atoms with Crippen LogP contribution in [0.4, 0.5) is 0 Å². The van der Waals surface area contributed by atoms with Crippen molar-refractivity contribution in [1.29, 1.82) is 0 Å². The number of H-pyrrole nitrogens is 1. The van der Waals surface area contributed by atoms with E-state index in [0.29, 0.717) is 5.58 Å². The van der Waals surface area contributed by atoms with Gasteiger partial charge < -0.3 is 4.42 Å². The first kappa shape index (κ1) is 7.49. The molecule has 0 saturated heterocycles. The van der Waals surface area contributed by atoms with Gasteiger partial charge in [0.1, 0.15) is 0 Å². The van der Waals surface area contributed by atoms with E-state index < -0.39 is 5.76 Å². The van der Waals surface area contributed by atoms with Crippen LogP contribution < -0.4 is 5.76 Å². The van der Waals surface area contributed by atoms with Gasteiger partial charge in [-0.2, -0.15) is 0 Å². The van der Waals surface area contributed by atoms with Gasteiger partial charge in [0.05, 0.1) is 5.52 Å². The van der Waals surface area contributed by atoms with Crippen molar-refractivity contribution in [3.63, 3.8) is 0 Å². The SMILES string of the molecule is CSc1ccc2oc(=O)[nH]c2c1. The van der Waals surface area contributed by atoms with Crippen molar-refractivity contribution in [3.8, 4) is 0 Å². The second kappa shape index (κ2) is 2.71. The van der Waals surface area contributed by atoms with Gasteiger partial charge in [0.2, 0.25) is 0 Å². The molecular formula is C8H7NO2S. The maximum atomic E-state index is 10.8. The number of aromatic nitrogens is 1. The fourth-order valence-corrected chi connectivity index (χ4v) is 1.50. The Bertz CT molecular complexity index is 457. The lowest BCUT2D eigenvalue weighted by molar-refractivity contribution is 0.555. The Kier molecular flexibility index (Phi) is 1.69. The molecule has 0 aliphatic heterocycles. The summed E-state index contributed by atoms with van der Waals surface area (Å²) in [5, 5.41) is 0. The van der Waals surface area contributed by atoms with Crippen LogP contribution in [0.5, 0.6) is 0 Å². The lowest BCUT2D eigenvalue weighted by Gasteiger charge is -1.92. The third-order valence-corrected chi connectivity index (χ3v) is 2.35. The van der Waals surface area contributed by atoms with Crippen molar-refractivity contribution in [2.75, 3.05) is 6.26 Å². The Labute approximate surface area is 72.8 Å². The van der Waals surface area contributed by atoms with Crippen LogP contribution in [0.3, 0.4) is 0 Å². The molecule has 0 aliphatic carbocycles. The molecule has 0 saturated carbocycles. The van der Waals surface area contributed by atoms with Crippen LogP contribution in [0.15, 0.2) is 32.3 Å². The Hall–Kier alpha value is -1.16. The minimum absolute atomic E-state index is 0.400. The van der Waals surface area contributed by atoms with Crippen molar-refractivity contribution >= 4 is 22.9 Å². The van der Waals surface area contributed by atoms with Crippen LogP contribution in [0.1, 0.15) is 0 Å². The molecule has 12 heavy (non-hydrogen) atoms. The van der Waals surface area contributed by atoms with E-state index in [4.69, 9.17) is 4.42 Å². The minimum Gasteiger partial charge on any atom is -0.408 e. The molecule has 0 fully saturated rings. The number of hydrogen-bond donors (Lipinski definition) is 1. The summed E-state index contributed by atoms with van der Waals surface area (Å²) in [5.74, 6) is -0.400. The molecule has 0 spiro atoms. The number of fused-ring (bicyclic) bond motifs is 1. The number of thioether (sulfide) groups is 1. The van der Waals surface area contributed by atoms with Crippen molar-refractivity contribution in [2.45, 2.75) is 4.90 Å². The van der Waals surface area contributed by atoms with Gasteiger partial charge >= 0.3 is 5.76 Å². The van der Waals surface area contributed by atoms with Gasteiger partial charge in [-0.1, -0.05) is 0 Å². The van der Waals surface area contributed by atoms with Crippen molar-refractivity contribution in [1.82, 2.24) is 4.98 Å². The first-order valence-corrected chi connectivity index (χ1v) is 4.69. The molecular weight excluding hydrogens is 174 g/mol. The summed E-state index contributed by atoms with van der Waals surface area (Å²) in [6.07, 6.45) is 1.99. The highest BCUT2D eigenvalue weighted by atomic mass is 32.2. The molecule has 2 aromatic rings. The number of nitrogens with one attached hydrogen (secondary N) is 1. The van der Waals surface area contributed by atoms with E-state index in [1.54, 1.807) is 17.8 Å². The number of hydrogen-bond acceptors (Lipinski definition) is 3. The quantitative estimate of drug-likeness (QED) is 0.683. The van der Waals surface area contributed by atoms with Crippen LogP contribution >= 0.6 is 11.8 Å². The average molecular weight is 181 g/mol. The van der Waals surface area contributed by atoms with Crippen LogP contribution in [-0.2, 0) is 0 Å². The maximum Gasteiger partial charge on any atom is 0.417 e. The smallest absolute Gasteiger partial charge is 0.408 e. The zero-order chi connectivity index (χ0) is 8.55. The zero-order valence-corrected chi connectivity index (χ0v) is 7.27. The summed E-state index contributed by atoms with van der Waals surface area (Å²) in [6, 6.07) is 5.60. The molecule has 1 heterocycles. The molecule has 2 rings (SSSR count). The van der Waals surface area contributed by atoms with Crippen LogP contribution in [-0.4, -0.2) is 11.2 Å². The number of rotatable bonds is 1. The molecule has 0 bridgehead atoms. The molecule has 0 amide bonds. The van der Waals surface area contributed by atoms with E-state index in [9.17, 15) is 4.79 Å². The standard InChI is InChI=1S/C8H7NO2S/c1-12-5-2-3-7-6(4-5)9-8(10)11-7/h2-4H,1H3,(H,9,10). The predicted molar refractivity (Wildman–Crippen MR) is 48.6 cm³/mol. The minimum atomic E-state index is -0.400. The second-order valence-electron chi connectivity index (χ2n) is 2.38. The molecule has 1 N–H and O–H groups in total. The van der Waals surface area contributed by atoms with Crippen LogP contribution in [0.2, 0.25) is 0 Å². The highest BCUT2D eigenvalue weighted by Gasteiger charge is 2.00. The summed E-state index contributed by atoms with van der Waals surface area (Å²) in [6.45, 7) is 0. The second-order valence-corrected chi connectivity index (χ2v) is 3.26. The van der Waals surface area contributed by atoms with E-state index in [1.807, 2.05) is 18.4 Å².